The number of hydrogen-bond donors (Lipinski definition) is 0. The highest BCUT2D eigenvalue weighted by Gasteiger charge is 2.30. The third kappa shape index (κ3) is 8.18. The van der Waals surface area contributed by atoms with Gasteiger partial charge in [0.05, 0.1) is 18.1 Å². The van der Waals surface area contributed by atoms with Crippen molar-refractivity contribution >= 4 is 11.9 Å². The molecule has 0 aromatic carbocycles. The lowest BCUT2D eigenvalue weighted by atomic mass is 9.87. The molecule has 0 aromatic rings. The summed E-state index contributed by atoms with van der Waals surface area (Å²) in [5, 5.41) is 0. The van der Waals surface area contributed by atoms with Gasteiger partial charge in [-0.05, 0) is 46.0 Å². The lowest BCUT2D eigenvalue weighted by molar-refractivity contribution is -0.158. The lowest BCUT2D eigenvalue weighted by Gasteiger charge is -2.24. The molecule has 0 amide bonds. The molecular formula is C16H29O4. The van der Waals surface area contributed by atoms with Crippen molar-refractivity contribution in [2.75, 3.05) is 6.61 Å². The first-order chi connectivity index (χ1) is 9.19. The topological polar surface area (TPSA) is 52.6 Å². The fourth-order valence-corrected chi connectivity index (χ4v) is 1.47. The van der Waals surface area contributed by atoms with E-state index in [1.165, 1.54) is 0 Å². The molecule has 20 heavy (non-hydrogen) atoms. The van der Waals surface area contributed by atoms with Crippen LogP contribution in [-0.2, 0) is 19.1 Å². The van der Waals surface area contributed by atoms with Crippen LogP contribution in [0.25, 0.3) is 0 Å². The summed E-state index contributed by atoms with van der Waals surface area (Å²) in [6.45, 7) is 13.9. The summed E-state index contributed by atoms with van der Waals surface area (Å²) in [7, 11) is 0. The maximum atomic E-state index is 11.9. The van der Waals surface area contributed by atoms with Crippen LogP contribution in [0.5, 0.6) is 0 Å². The van der Waals surface area contributed by atoms with Crippen molar-refractivity contribution in [2.24, 2.45) is 11.3 Å². The van der Waals surface area contributed by atoms with Crippen molar-refractivity contribution < 1.29 is 19.1 Å². The van der Waals surface area contributed by atoms with E-state index in [9.17, 15) is 9.59 Å². The number of hydrogen-bond acceptors (Lipinski definition) is 4. The van der Waals surface area contributed by atoms with Gasteiger partial charge in [-0.2, -0.15) is 0 Å². The summed E-state index contributed by atoms with van der Waals surface area (Å²) in [4.78, 5) is 23.4. The molecule has 2 unspecified atom stereocenters. The van der Waals surface area contributed by atoms with E-state index in [0.29, 0.717) is 31.8 Å². The predicted molar refractivity (Wildman–Crippen MR) is 79.0 cm³/mol. The molecule has 0 bridgehead atoms. The Bertz CT molecular complexity index is 308. The van der Waals surface area contributed by atoms with Gasteiger partial charge >= 0.3 is 11.9 Å². The molecule has 0 aromatic heterocycles. The first-order valence-electron chi connectivity index (χ1n) is 7.41. The maximum absolute atomic E-state index is 11.9. The van der Waals surface area contributed by atoms with E-state index in [4.69, 9.17) is 9.47 Å². The van der Waals surface area contributed by atoms with E-state index in [0.717, 1.165) is 6.42 Å². The lowest BCUT2D eigenvalue weighted by Crippen LogP contribution is -2.30. The largest absolute Gasteiger partial charge is 0.465 e. The summed E-state index contributed by atoms with van der Waals surface area (Å²) >= 11 is 0. The average molecular weight is 285 g/mol. The Hall–Kier alpha value is -1.06. The molecule has 0 fully saturated rings. The van der Waals surface area contributed by atoms with Crippen molar-refractivity contribution in [3.05, 3.63) is 6.92 Å². The van der Waals surface area contributed by atoms with Crippen LogP contribution < -0.4 is 0 Å². The quantitative estimate of drug-likeness (QED) is 0.608. The van der Waals surface area contributed by atoms with Gasteiger partial charge in [0.2, 0.25) is 0 Å². The zero-order chi connectivity index (χ0) is 15.8. The highest BCUT2D eigenvalue weighted by molar-refractivity contribution is 5.77. The van der Waals surface area contributed by atoms with Gasteiger partial charge in [0, 0.05) is 6.42 Å². The molecule has 4 heteroatoms. The van der Waals surface area contributed by atoms with Gasteiger partial charge in [-0.15, -0.1) is 0 Å². The highest BCUT2D eigenvalue weighted by Crippen LogP contribution is 2.25. The Balaban J connectivity index is 4.03. The summed E-state index contributed by atoms with van der Waals surface area (Å²) < 4.78 is 10.4. The SMILES string of the molecule is [CH2]C(C)(CCCC(=O)OCC(C)C)C(=O)OC(C)CC. The smallest absolute Gasteiger partial charge is 0.312 e. The molecule has 0 aliphatic carbocycles. The van der Waals surface area contributed by atoms with Crippen molar-refractivity contribution in [1.29, 1.82) is 0 Å². The van der Waals surface area contributed by atoms with Crippen molar-refractivity contribution in [3.8, 4) is 0 Å². The normalized spacial score (nSPS) is 13.2. The van der Waals surface area contributed by atoms with E-state index in [2.05, 4.69) is 6.92 Å². The van der Waals surface area contributed by atoms with Crippen molar-refractivity contribution in [3.63, 3.8) is 0 Å². The van der Waals surface area contributed by atoms with Crippen LogP contribution in [-0.4, -0.2) is 24.6 Å². The first-order valence-corrected chi connectivity index (χ1v) is 7.41. The van der Waals surface area contributed by atoms with Gasteiger partial charge < -0.3 is 9.47 Å². The van der Waals surface area contributed by atoms with Crippen LogP contribution in [0.4, 0.5) is 0 Å². The number of carbonyl (C=O) groups is 2. The second-order valence-corrected chi connectivity index (χ2v) is 6.12. The minimum Gasteiger partial charge on any atom is -0.465 e. The van der Waals surface area contributed by atoms with Gasteiger partial charge in [-0.3, -0.25) is 9.59 Å². The van der Waals surface area contributed by atoms with Crippen LogP contribution in [0.2, 0.25) is 0 Å². The zero-order valence-electron chi connectivity index (χ0n) is 13.5. The molecule has 0 spiro atoms. The Morgan fingerprint density at radius 1 is 1.25 bits per heavy atom. The fourth-order valence-electron chi connectivity index (χ4n) is 1.47. The van der Waals surface area contributed by atoms with Crippen LogP contribution in [0.3, 0.4) is 0 Å². The monoisotopic (exact) mass is 285 g/mol. The second kappa shape index (κ2) is 8.98. The zero-order valence-corrected chi connectivity index (χ0v) is 13.5. The van der Waals surface area contributed by atoms with E-state index >= 15 is 0 Å². The standard InChI is InChI=1S/C16H29O4/c1-7-13(4)20-15(18)16(5,6)10-8-9-14(17)19-11-12(2)3/h12-13H,5,7-11H2,1-4,6H3. The molecule has 0 N–H and O–H groups in total. The van der Waals surface area contributed by atoms with Gasteiger partial charge in [-0.1, -0.05) is 20.8 Å². The van der Waals surface area contributed by atoms with Gasteiger partial charge in [0.25, 0.3) is 0 Å². The molecule has 0 saturated heterocycles. The first kappa shape index (κ1) is 18.9. The molecule has 0 aliphatic rings. The summed E-state index contributed by atoms with van der Waals surface area (Å²) in [6.07, 6.45) is 2.09. The summed E-state index contributed by atoms with van der Waals surface area (Å²) in [5.41, 5.74) is -0.804. The van der Waals surface area contributed by atoms with Crippen LogP contribution in [0.15, 0.2) is 0 Å². The van der Waals surface area contributed by atoms with E-state index < -0.39 is 5.41 Å². The third-order valence-electron chi connectivity index (χ3n) is 3.06. The summed E-state index contributed by atoms with van der Waals surface area (Å²) in [5.74, 6) is -0.185. The molecule has 0 heterocycles. The minimum absolute atomic E-state index is 0.0976. The molecular weight excluding hydrogens is 256 g/mol. The van der Waals surface area contributed by atoms with E-state index in [-0.39, 0.29) is 18.0 Å². The van der Waals surface area contributed by atoms with Crippen LogP contribution >= 0.6 is 0 Å². The number of rotatable bonds is 9. The molecule has 117 valence electrons. The Labute approximate surface area is 123 Å². The molecule has 0 rings (SSSR count). The number of ether oxygens (including phenoxy) is 2. The fraction of sp³-hybridized carbons (Fsp3) is 0.812. The average Bonchev–Trinajstić information content (AvgIpc) is 2.35. The van der Waals surface area contributed by atoms with E-state index in [1.807, 2.05) is 27.7 Å². The van der Waals surface area contributed by atoms with Gasteiger partial charge in [0.15, 0.2) is 0 Å². The van der Waals surface area contributed by atoms with Crippen LogP contribution in [0, 0.1) is 18.3 Å². The second-order valence-electron chi connectivity index (χ2n) is 6.12. The third-order valence-corrected chi connectivity index (χ3v) is 3.06. The summed E-state index contributed by atoms with van der Waals surface area (Å²) in [6, 6.07) is 0. The predicted octanol–water partition coefficient (Wildman–Crippen LogP) is 3.54. The molecule has 2 atom stereocenters. The molecule has 0 aliphatic heterocycles. The minimum atomic E-state index is -0.804. The van der Waals surface area contributed by atoms with E-state index in [1.54, 1.807) is 6.92 Å². The highest BCUT2D eigenvalue weighted by atomic mass is 16.5. The number of esters is 2. The van der Waals surface area contributed by atoms with Crippen molar-refractivity contribution in [2.45, 2.75) is 66.4 Å². The molecule has 0 saturated carbocycles. The van der Waals surface area contributed by atoms with Gasteiger partial charge in [0.1, 0.15) is 0 Å². The van der Waals surface area contributed by atoms with Crippen LogP contribution in [0.1, 0.15) is 60.3 Å². The van der Waals surface area contributed by atoms with Crippen molar-refractivity contribution in [1.82, 2.24) is 0 Å². The Morgan fingerprint density at radius 2 is 1.85 bits per heavy atom. The maximum Gasteiger partial charge on any atom is 0.312 e. The molecule has 4 nitrogen and oxygen atoms in total. The Kier molecular flexibility index (Phi) is 8.51. The molecule has 1 radical (unpaired) electrons. The number of carbonyl (C=O) groups excluding carboxylic acids is 2. The van der Waals surface area contributed by atoms with Gasteiger partial charge in [-0.25, -0.2) is 0 Å². The Morgan fingerprint density at radius 3 is 2.35 bits per heavy atom.